The van der Waals surface area contributed by atoms with E-state index in [0.717, 1.165) is 12.6 Å². The maximum atomic E-state index is 3.94. The zero-order valence-electron chi connectivity index (χ0n) is 7.86. The first-order valence-electron chi connectivity index (χ1n) is 4.62. The fourth-order valence-corrected chi connectivity index (χ4v) is 2.94. The van der Waals surface area contributed by atoms with Crippen molar-refractivity contribution < 1.29 is 0 Å². The Balaban J connectivity index is 1.87. The second-order valence-electron chi connectivity index (χ2n) is 3.51. The lowest BCUT2D eigenvalue weighted by Crippen LogP contribution is -2.30. The van der Waals surface area contributed by atoms with E-state index < -0.39 is 0 Å². The van der Waals surface area contributed by atoms with Gasteiger partial charge in [0.05, 0.1) is 0 Å². The molecule has 1 saturated heterocycles. The van der Waals surface area contributed by atoms with Gasteiger partial charge in [0, 0.05) is 30.2 Å². The van der Waals surface area contributed by atoms with Gasteiger partial charge in [-0.1, -0.05) is 0 Å². The molecule has 0 aromatic carbocycles. The van der Waals surface area contributed by atoms with Crippen LogP contribution in [0.5, 0.6) is 0 Å². The van der Waals surface area contributed by atoms with Gasteiger partial charge in [-0.2, -0.15) is 16.9 Å². The summed E-state index contributed by atoms with van der Waals surface area (Å²) in [6.45, 7) is 0.991. The van der Waals surface area contributed by atoms with E-state index in [0.29, 0.717) is 0 Å². The van der Waals surface area contributed by atoms with E-state index in [9.17, 15) is 0 Å². The molecule has 0 aliphatic carbocycles. The molecule has 1 atom stereocenters. The highest BCUT2D eigenvalue weighted by molar-refractivity contribution is 7.99. The molecule has 1 aromatic heterocycles. The van der Waals surface area contributed by atoms with Gasteiger partial charge in [0.25, 0.3) is 0 Å². The second kappa shape index (κ2) is 4.15. The highest BCUT2D eigenvalue weighted by Crippen LogP contribution is 2.22. The van der Waals surface area contributed by atoms with E-state index in [1.807, 2.05) is 12.3 Å². The minimum absolute atomic E-state index is 0.758. The number of aromatic nitrogens is 2. The first-order valence-corrected chi connectivity index (χ1v) is 5.78. The van der Waals surface area contributed by atoms with Crippen LogP contribution in [0.4, 0.5) is 0 Å². The normalized spacial score (nSPS) is 22.8. The third-order valence-electron chi connectivity index (χ3n) is 2.51. The van der Waals surface area contributed by atoms with E-state index in [1.165, 1.54) is 23.6 Å². The van der Waals surface area contributed by atoms with Crippen LogP contribution in [0.15, 0.2) is 12.3 Å². The summed E-state index contributed by atoms with van der Waals surface area (Å²) in [5.41, 5.74) is 1.21. The molecule has 0 bridgehead atoms. The summed E-state index contributed by atoms with van der Waals surface area (Å²) in [5.74, 6) is 2.60. The summed E-state index contributed by atoms with van der Waals surface area (Å²) >= 11 is 2.06. The van der Waals surface area contributed by atoms with Gasteiger partial charge in [0.1, 0.15) is 0 Å². The Morgan fingerprint density at radius 2 is 2.69 bits per heavy atom. The number of rotatable bonds is 3. The van der Waals surface area contributed by atoms with Crippen LogP contribution in [0.1, 0.15) is 12.1 Å². The number of hydrogen-bond acceptors (Lipinski definition) is 3. The van der Waals surface area contributed by atoms with Gasteiger partial charge in [-0.25, -0.2) is 0 Å². The average Bonchev–Trinajstić information content (AvgIpc) is 2.74. The molecular weight excluding hydrogens is 182 g/mol. The zero-order valence-corrected chi connectivity index (χ0v) is 8.68. The van der Waals surface area contributed by atoms with Crippen molar-refractivity contribution in [2.24, 2.45) is 0 Å². The summed E-state index contributed by atoms with van der Waals surface area (Å²) in [6.07, 6.45) is 3.14. The minimum Gasteiger partial charge on any atom is -0.297 e. The molecule has 2 rings (SSSR count). The first kappa shape index (κ1) is 9.09. The van der Waals surface area contributed by atoms with Crippen LogP contribution in [-0.2, 0) is 6.54 Å². The van der Waals surface area contributed by atoms with Crippen molar-refractivity contribution in [2.75, 3.05) is 18.6 Å². The molecule has 1 fully saturated rings. The first-order chi connectivity index (χ1) is 6.36. The van der Waals surface area contributed by atoms with Gasteiger partial charge >= 0.3 is 0 Å². The molecule has 0 saturated carbocycles. The van der Waals surface area contributed by atoms with Gasteiger partial charge in [0.15, 0.2) is 0 Å². The summed E-state index contributed by atoms with van der Waals surface area (Å²) in [7, 11) is 2.19. The average molecular weight is 197 g/mol. The maximum Gasteiger partial charge on any atom is 0.0492 e. The third kappa shape index (κ3) is 2.25. The van der Waals surface area contributed by atoms with E-state index >= 15 is 0 Å². The van der Waals surface area contributed by atoms with E-state index in [-0.39, 0.29) is 0 Å². The lowest BCUT2D eigenvalue weighted by Gasteiger charge is -2.22. The van der Waals surface area contributed by atoms with Crippen LogP contribution in [0.25, 0.3) is 0 Å². The Hall–Kier alpha value is -0.480. The van der Waals surface area contributed by atoms with E-state index in [2.05, 4.69) is 33.9 Å². The Labute approximate surface area is 82.9 Å². The van der Waals surface area contributed by atoms with E-state index in [4.69, 9.17) is 0 Å². The number of H-pyrrole nitrogens is 1. The molecular formula is C9H15N3S. The third-order valence-corrected chi connectivity index (χ3v) is 3.65. The molecule has 3 nitrogen and oxygen atoms in total. The van der Waals surface area contributed by atoms with Gasteiger partial charge in [-0.05, 0) is 25.3 Å². The predicted molar refractivity (Wildman–Crippen MR) is 55.8 cm³/mol. The van der Waals surface area contributed by atoms with Crippen LogP contribution >= 0.6 is 11.8 Å². The van der Waals surface area contributed by atoms with Gasteiger partial charge in [-0.15, -0.1) is 0 Å². The summed E-state index contributed by atoms with van der Waals surface area (Å²) < 4.78 is 0. The second-order valence-corrected chi connectivity index (χ2v) is 4.66. The molecule has 4 heteroatoms. The van der Waals surface area contributed by atoms with Crippen molar-refractivity contribution in [3.8, 4) is 0 Å². The number of aromatic amines is 1. The Morgan fingerprint density at radius 1 is 1.77 bits per heavy atom. The number of nitrogens with zero attached hydrogens (tertiary/aromatic N) is 2. The standard InChI is InChI=1S/C9H15N3S/c1-12(9-3-5-13-7-9)6-8-2-4-10-11-8/h2,4,9H,3,5-7H2,1H3,(H,10,11). The smallest absolute Gasteiger partial charge is 0.0492 e. The predicted octanol–water partition coefficient (Wildman–Crippen LogP) is 1.35. The Kier molecular flexibility index (Phi) is 2.90. The monoisotopic (exact) mass is 197 g/mol. The van der Waals surface area contributed by atoms with Crippen LogP contribution < -0.4 is 0 Å². The summed E-state index contributed by atoms with van der Waals surface area (Å²) in [4.78, 5) is 2.41. The van der Waals surface area contributed by atoms with Crippen molar-refractivity contribution in [3.63, 3.8) is 0 Å². The SMILES string of the molecule is CN(Cc1ccn[nH]1)C1CCSC1. The molecule has 1 aliphatic heterocycles. The molecule has 72 valence electrons. The lowest BCUT2D eigenvalue weighted by molar-refractivity contribution is 0.251. The Morgan fingerprint density at radius 3 is 3.31 bits per heavy atom. The fourth-order valence-electron chi connectivity index (χ4n) is 1.64. The van der Waals surface area contributed by atoms with Crippen molar-refractivity contribution in [2.45, 2.75) is 19.0 Å². The fraction of sp³-hybridized carbons (Fsp3) is 0.667. The zero-order chi connectivity index (χ0) is 9.10. The molecule has 1 aromatic rings. The largest absolute Gasteiger partial charge is 0.297 e. The molecule has 0 amide bonds. The molecule has 1 aliphatic rings. The van der Waals surface area contributed by atoms with Crippen LogP contribution in [0, 0.1) is 0 Å². The van der Waals surface area contributed by atoms with Crippen LogP contribution in [0.3, 0.4) is 0 Å². The van der Waals surface area contributed by atoms with Crippen LogP contribution in [-0.4, -0.2) is 39.7 Å². The van der Waals surface area contributed by atoms with Crippen molar-refractivity contribution in [1.82, 2.24) is 15.1 Å². The molecule has 1 N–H and O–H groups in total. The number of nitrogens with one attached hydrogen (secondary N) is 1. The topological polar surface area (TPSA) is 31.9 Å². The van der Waals surface area contributed by atoms with Crippen molar-refractivity contribution in [3.05, 3.63) is 18.0 Å². The van der Waals surface area contributed by atoms with Gasteiger partial charge in [0.2, 0.25) is 0 Å². The summed E-state index contributed by atoms with van der Waals surface area (Å²) in [5, 5.41) is 6.94. The molecule has 0 spiro atoms. The molecule has 2 heterocycles. The molecule has 0 radical (unpaired) electrons. The summed E-state index contributed by atoms with van der Waals surface area (Å²) in [6, 6.07) is 2.80. The lowest BCUT2D eigenvalue weighted by atomic mass is 10.2. The minimum atomic E-state index is 0.758. The molecule has 1 unspecified atom stereocenters. The highest BCUT2D eigenvalue weighted by Gasteiger charge is 2.19. The quantitative estimate of drug-likeness (QED) is 0.793. The highest BCUT2D eigenvalue weighted by atomic mass is 32.2. The van der Waals surface area contributed by atoms with Gasteiger partial charge in [-0.3, -0.25) is 10.00 Å². The number of hydrogen-bond donors (Lipinski definition) is 1. The van der Waals surface area contributed by atoms with Crippen molar-refractivity contribution in [1.29, 1.82) is 0 Å². The van der Waals surface area contributed by atoms with Crippen LogP contribution in [0.2, 0.25) is 0 Å². The number of thioether (sulfide) groups is 1. The maximum absolute atomic E-state index is 3.94. The van der Waals surface area contributed by atoms with Gasteiger partial charge < -0.3 is 0 Å². The molecule has 13 heavy (non-hydrogen) atoms. The Bertz CT molecular complexity index is 241. The van der Waals surface area contributed by atoms with Crippen molar-refractivity contribution >= 4 is 11.8 Å². The van der Waals surface area contributed by atoms with E-state index in [1.54, 1.807) is 0 Å².